The fourth-order valence-corrected chi connectivity index (χ4v) is 3.03. The van der Waals surface area contributed by atoms with Crippen LogP contribution in [-0.2, 0) is 12.8 Å². The van der Waals surface area contributed by atoms with Crippen molar-refractivity contribution in [2.45, 2.75) is 70.9 Å². The van der Waals surface area contributed by atoms with Crippen LogP contribution < -0.4 is 5.32 Å². The molecule has 0 radical (unpaired) electrons. The number of nitrogens with one attached hydrogen (secondary N) is 1. The van der Waals surface area contributed by atoms with Crippen LogP contribution in [0.3, 0.4) is 0 Å². The van der Waals surface area contributed by atoms with Crippen LogP contribution in [-0.4, -0.2) is 12.1 Å². The summed E-state index contributed by atoms with van der Waals surface area (Å²) in [6, 6.07) is 10.3. The average molecular weight is 245 g/mol. The first-order valence-electron chi connectivity index (χ1n) is 7.62. The van der Waals surface area contributed by atoms with Gasteiger partial charge in [-0.3, -0.25) is 0 Å². The largest absolute Gasteiger partial charge is 0.311 e. The lowest BCUT2D eigenvalue weighted by Crippen LogP contribution is -2.40. The van der Waals surface area contributed by atoms with Crippen molar-refractivity contribution in [3.63, 3.8) is 0 Å². The molecule has 1 heteroatoms. The second-order valence-electron chi connectivity index (χ2n) is 5.77. The van der Waals surface area contributed by atoms with E-state index in [1.165, 1.54) is 44.9 Å². The average Bonchev–Trinajstić information content (AvgIpc) is 2.39. The van der Waals surface area contributed by atoms with Crippen LogP contribution in [0.4, 0.5) is 0 Å². The minimum Gasteiger partial charge on any atom is -0.311 e. The quantitative estimate of drug-likeness (QED) is 0.744. The van der Waals surface area contributed by atoms with Gasteiger partial charge < -0.3 is 5.32 Å². The van der Waals surface area contributed by atoms with Crippen LogP contribution in [0, 0.1) is 0 Å². The highest BCUT2D eigenvalue weighted by atomic mass is 14.9. The van der Waals surface area contributed by atoms with Crippen molar-refractivity contribution in [3.8, 4) is 0 Å². The second-order valence-corrected chi connectivity index (χ2v) is 5.77. The first-order valence-corrected chi connectivity index (χ1v) is 7.62. The summed E-state index contributed by atoms with van der Waals surface area (Å²) in [6.07, 6.45) is 9.15. The van der Waals surface area contributed by atoms with Crippen molar-refractivity contribution in [1.29, 1.82) is 0 Å². The van der Waals surface area contributed by atoms with E-state index in [0.717, 1.165) is 0 Å². The fourth-order valence-electron chi connectivity index (χ4n) is 3.03. The summed E-state index contributed by atoms with van der Waals surface area (Å²) in [5, 5.41) is 3.82. The van der Waals surface area contributed by atoms with E-state index in [4.69, 9.17) is 0 Å². The smallest absolute Gasteiger partial charge is 0.0113 e. The Morgan fingerprint density at radius 3 is 2.78 bits per heavy atom. The van der Waals surface area contributed by atoms with E-state index in [2.05, 4.69) is 43.4 Å². The second kappa shape index (κ2) is 6.94. The van der Waals surface area contributed by atoms with Crippen LogP contribution in [0.1, 0.15) is 57.1 Å². The standard InChI is InChI=1S/C17H27N/c1-3-4-5-8-14(2)18-17-12-11-15-9-6-7-10-16(15)13-17/h6-7,9-10,14,17-18H,3-5,8,11-13H2,1-2H3. The van der Waals surface area contributed by atoms with Gasteiger partial charge in [0.1, 0.15) is 0 Å². The van der Waals surface area contributed by atoms with Crippen LogP contribution in [0.2, 0.25) is 0 Å². The molecule has 0 bridgehead atoms. The molecular formula is C17H27N. The van der Waals surface area contributed by atoms with Gasteiger partial charge in [-0.1, -0.05) is 50.5 Å². The van der Waals surface area contributed by atoms with E-state index in [1.54, 1.807) is 11.1 Å². The number of hydrogen-bond donors (Lipinski definition) is 1. The molecule has 18 heavy (non-hydrogen) atoms. The van der Waals surface area contributed by atoms with E-state index >= 15 is 0 Å². The normalized spacial score (nSPS) is 20.4. The van der Waals surface area contributed by atoms with Crippen molar-refractivity contribution in [1.82, 2.24) is 5.32 Å². The minimum atomic E-state index is 0.673. The Hall–Kier alpha value is -0.820. The van der Waals surface area contributed by atoms with E-state index in [9.17, 15) is 0 Å². The van der Waals surface area contributed by atoms with Crippen molar-refractivity contribution in [3.05, 3.63) is 35.4 Å². The maximum absolute atomic E-state index is 3.82. The molecule has 1 nitrogen and oxygen atoms in total. The van der Waals surface area contributed by atoms with Crippen LogP contribution in [0.25, 0.3) is 0 Å². The zero-order valence-electron chi connectivity index (χ0n) is 11.9. The van der Waals surface area contributed by atoms with Crippen molar-refractivity contribution in [2.75, 3.05) is 0 Å². The maximum atomic E-state index is 3.82. The Morgan fingerprint density at radius 2 is 2.00 bits per heavy atom. The molecular weight excluding hydrogens is 218 g/mol. The number of aryl methyl sites for hydroxylation is 1. The number of unbranched alkanes of at least 4 members (excludes halogenated alkanes) is 2. The van der Waals surface area contributed by atoms with E-state index in [0.29, 0.717) is 12.1 Å². The topological polar surface area (TPSA) is 12.0 Å². The number of benzene rings is 1. The number of fused-ring (bicyclic) bond motifs is 1. The van der Waals surface area contributed by atoms with Crippen molar-refractivity contribution in [2.24, 2.45) is 0 Å². The molecule has 1 aliphatic rings. The van der Waals surface area contributed by atoms with Gasteiger partial charge in [-0.2, -0.15) is 0 Å². The van der Waals surface area contributed by atoms with Gasteiger partial charge in [0.2, 0.25) is 0 Å². The Kier molecular flexibility index (Phi) is 5.25. The van der Waals surface area contributed by atoms with E-state index < -0.39 is 0 Å². The predicted molar refractivity (Wildman–Crippen MR) is 79.0 cm³/mol. The molecule has 0 saturated carbocycles. The molecule has 2 atom stereocenters. The molecule has 0 fully saturated rings. The van der Waals surface area contributed by atoms with Gasteiger partial charge in [0.15, 0.2) is 0 Å². The van der Waals surface area contributed by atoms with Crippen molar-refractivity contribution < 1.29 is 0 Å². The maximum Gasteiger partial charge on any atom is 0.0113 e. The third kappa shape index (κ3) is 3.84. The molecule has 2 unspecified atom stereocenters. The number of rotatable bonds is 6. The van der Waals surface area contributed by atoms with Gasteiger partial charge in [-0.05, 0) is 43.7 Å². The first kappa shape index (κ1) is 13.6. The molecule has 1 aromatic carbocycles. The van der Waals surface area contributed by atoms with Crippen LogP contribution in [0.5, 0.6) is 0 Å². The van der Waals surface area contributed by atoms with Crippen LogP contribution in [0.15, 0.2) is 24.3 Å². The molecule has 0 aliphatic heterocycles. The summed E-state index contributed by atoms with van der Waals surface area (Å²) in [6.45, 7) is 4.62. The van der Waals surface area contributed by atoms with Gasteiger partial charge in [0, 0.05) is 12.1 Å². The molecule has 1 aromatic rings. The minimum absolute atomic E-state index is 0.673. The Bertz CT molecular complexity index is 358. The summed E-state index contributed by atoms with van der Waals surface area (Å²) in [7, 11) is 0. The highest BCUT2D eigenvalue weighted by Gasteiger charge is 2.19. The van der Waals surface area contributed by atoms with Gasteiger partial charge >= 0.3 is 0 Å². The molecule has 2 rings (SSSR count). The molecule has 0 heterocycles. The monoisotopic (exact) mass is 245 g/mol. The molecule has 0 aromatic heterocycles. The highest BCUT2D eigenvalue weighted by molar-refractivity contribution is 5.30. The Labute approximate surface area is 112 Å². The predicted octanol–water partition coefficient (Wildman–Crippen LogP) is 4.10. The Balaban J connectivity index is 1.79. The lowest BCUT2D eigenvalue weighted by atomic mass is 9.88. The zero-order chi connectivity index (χ0) is 12.8. The van der Waals surface area contributed by atoms with Gasteiger partial charge in [-0.15, -0.1) is 0 Å². The third-order valence-corrected chi connectivity index (χ3v) is 4.11. The summed E-state index contributed by atoms with van der Waals surface area (Å²) < 4.78 is 0. The Morgan fingerprint density at radius 1 is 1.22 bits per heavy atom. The molecule has 1 N–H and O–H groups in total. The number of hydrogen-bond acceptors (Lipinski definition) is 1. The summed E-state index contributed by atoms with van der Waals surface area (Å²) in [5.74, 6) is 0. The van der Waals surface area contributed by atoms with Crippen LogP contribution >= 0.6 is 0 Å². The molecule has 0 amide bonds. The van der Waals surface area contributed by atoms with Gasteiger partial charge in [0.25, 0.3) is 0 Å². The lowest BCUT2D eigenvalue weighted by Gasteiger charge is -2.28. The van der Waals surface area contributed by atoms with Gasteiger partial charge in [-0.25, -0.2) is 0 Å². The molecule has 0 spiro atoms. The lowest BCUT2D eigenvalue weighted by molar-refractivity contribution is 0.386. The molecule has 1 aliphatic carbocycles. The van der Waals surface area contributed by atoms with Gasteiger partial charge in [0.05, 0.1) is 0 Å². The van der Waals surface area contributed by atoms with E-state index in [-0.39, 0.29) is 0 Å². The summed E-state index contributed by atoms with van der Waals surface area (Å²) >= 11 is 0. The highest BCUT2D eigenvalue weighted by Crippen LogP contribution is 2.21. The SMILES string of the molecule is CCCCCC(C)NC1CCc2ccccc2C1. The summed E-state index contributed by atoms with van der Waals surface area (Å²) in [5.41, 5.74) is 3.12. The summed E-state index contributed by atoms with van der Waals surface area (Å²) in [4.78, 5) is 0. The zero-order valence-corrected chi connectivity index (χ0v) is 11.9. The fraction of sp³-hybridized carbons (Fsp3) is 0.647. The van der Waals surface area contributed by atoms with E-state index in [1.807, 2.05) is 0 Å². The van der Waals surface area contributed by atoms with Crippen molar-refractivity contribution >= 4 is 0 Å². The first-order chi connectivity index (χ1) is 8.79. The third-order valence-electron chi connectivity index (χ3n) is 4.11. The molecule has 0 saturated heterocycles. The molecule has 100 valence electrons.